The second kappa shape index (κ2) is 3.73. The Labute approximate surface area is 87.3 Å². The summed E-state index contributed by atoms with van der Waals surface area (Å²) in [6.45, 7) is 0. The van der Waals surface area contributed by atoms with Gasteiger partial charge < -0.3 is 19.8 Å². The number of hydrogen-bond acceptors (Lipinski definition) is 4. The van der Waals surface area contributed by atoms with Gasteiger partial charge in [0.1, 0.15) is 0 Å². The fourth-order valence-corrected chi connectivity index (χ4v) is 1.62. The minimum absolute atomic E-state index is 0.319. The number of carbonyl (C=O) groups is 2. The molecule has 0 N–H and O–H groups in total. The zero-order chi connectivity index (χ0) is 10.0. The zero-order valence-corrected chi connectivity index (χ0v) is 8.40. The average Bonchev–Trinajstić information content (AvgIpc) is 2.02. The lowest BCUT2D eigenvalue weighted by Crippen LogP contribution is -2.30. The standard InChI is InChI=1S/C8H5IO4/c9-5-3-1-2-4(7(10)11)6(5)8(12)13/h1-3H,(H,10,11)(H,12,13)/p-2. The Morgan fingerprint density at radius 3 is 2.15 bits per heavy atom. The van der Waals surface area contributed by atoms with Crippen LogP contribution in [0.2, 0.25) is 0 Å². The lowest BCUT2D eigenvalue weighted by atomic mass is 10.1. The quantitative estimate of drug-likeness (QED) is 0.656. The fourth-order valence-electron chi connectivity index (χ4n) is 0.902. The largest absolute Gasteiger partial charge is 0.545 e. The molecule has 0 aromatic heterocycles. The van der Waals surface area contributed by atoms with Crippen molar-refractivity contribution in [3.8, 4) is 0 Å². The van der Waals surface area contributed by atoms with Crippen LogP contribution in [0, 0.1) is 3.57 Å². The monoisotopic (exact) mass is 290 g/mol. The number of aromatic carboxylic acids is 2. The van der Waals surface area contributed by atoms with E-state index in [0.29, 0.717) is 3.57 Å². The van der Waals surface area contributed by atoms with Crippen molar-refractivity contribution in [2.45, 2.75) is 0 Å². The van der Waals surface area contributed by atoms with E-state index in [9.17, 15) is 19.8 Å². The highest BCUT2D eigenvalue weighted by atomic mass is 127. The van der Waals surface area contributed by atoms with Crippen LogP contribution in [0.15, 0.2) is 18.2 Å². The van der Waals surface area contributed by atoms with Gasteiger partial charge in [0.2, 0.25) is 0 Å². The van der Waals surface area contributed by atoms with Crippen LogP contribution < -0.4 is 10.2 Å². The molecule has 0 radical (unpaired) electrons. The molecule has 0 fully saturated rings. The molecule has 1 aromatic carbocycles. The maximum Gasteiger partial charge on any atom is 0.0732 e. The maximum atomic E-state index is 10.5. The minimum Gasteiger partial charge on any atom is -0.545 e. The van der Waals surface area contributed by atoms with Crippen LogP contribution in [0.4, 0.5) is 0 Å². The molecule has 0 saturated heterocycles. The van der Waals surface area contributed by atoms with Gasteiger partial charge in [-0.15, -0.1) is 0 Å². The molecule has 0 aliphatic rings. The van der Waals surface area contributed by atoms with Crippen LogP contribution >= 0.6 is 22.6 Å². The Bertz CT molecular complexity index is 372. The average molecular weight is 290 g/mol. The van der Waals surface area contributed by atoms with Crippen molar-refractivity contribution in [3.63, 3.8) is 0 Å². The highest BCUT2D eigenvalue weighted by molar-refractivity contribution is 14.1. The van der Waals surface area contributed by atoms with E-state index in [-0.39, 0.29) is 11.1 Å². The van der Waals surface area contributed by atoms with Gasteiger partial charge in [-0.1, -0.05) is 12.1 Å². The third-order valence-electron chi connectivity index (χ3n) is 1.44. The predicted molar refractivity (Wildman–Crippen MR) is 47.8 cm³/mol. The van der Waals surface area contributed by atoms with E-state index >= 15 is 0 Å². The predicted octanol–water partition coefficient (Wildman–Crippen LogP) is -0.982. The van der Waals surface area contributed by atoms with Crippen molar-refractivity contribution in [1.29, 1.82) is 0 Å². The summed E-state index contributed by atoms with van der Waals surface area (Å²) in [5, 5.41) is 21.0. The summed E-state index contributed by atoms with van der Waals surface area (Å²) in [5.74, 6) is -3.03. The molecule has 0 saturated carbocycles. The zero-order valence-electron chi connectivity index (χ0n) is 6.24. The van der Waals surface area contributed by atoms with Crippen molar-refractivity contribution in [3.05, 3.63) is 32.9 Å². The van der Waals surface area contributed by atoms with Crippen molar-refractivity contribution < 1.29 is 19.8 Å². The van der Waals surface area contributed by atoms with E-state index in [2.05, 4.69) is 0 Å². The second-order valence-electron chi connectivity index (χ2n) is 2.24. The molecular formula is C8H3IO4-2. The van der Waals surface area contributed by atoms with Gasteiger partial charge in [-0.05, 0) is 28.7 Å². The molecular weight excluding hydrogens is 287 g/mol. The van der Waals surface area contributed by atoms with Gasteiger partial charge in [-0.2, -0.15) is 0 Å². The van der Waals surface area contributed by atoms with Crippen molar-refractivity contribution in [2.24, 2.45) is 0 Å². The van der Waals surface area contributed by atoms with Gasteiger partial charge in [0.05, 0.1) is 11.9 Å². The minimum atomic E-state index is -1.52. The summed E-state index contributed by atoms with van der Waals surface area (Å²) in [5.41, 5.74) is -0.685. The summed E-state index contributed by atoms with van der Waals surface area (Å²) >= 11 is 1.72. The molecule has 13 heavy (non-hydrogen) atoms. The molecule has 0 amide bonds. The van der Waals surface area contributed by atoms with Gasteiger partial charge >= 0.3 is 0 Å². The van der Waals surface area contributed by atoms with E-state index in [4.69, 9.17) is 0 Å². The third-order valence-corrected chi connectivity index (χ3v) is 2.34. The number of halogens is 1. The SMILES string of the molecule is O=C([O-])c1cccc(I)c1C(=O)[O-]. The first-order chi connectivity index (χ1) is 6.04. The van der Waals surface area contributed by atoms with E-state index in [1.165, 1.54) is 18.2 Å². The molecule has 0 bridgehead atoms. The van der Waals surface area contributed by atoms with Gasteiger partial charge in [0.15, 0.2) is 0 Å². The number of carboxylic acids is 2. The van der Waals surface area contributed by atoms with Gasteiger partial charge in [0.25, 0.3) is 0 Å². The Hall–Kier alpha value is -1.11. The van der Waals surface area contributed by atoms with Gasteiger partial charge in [0, 0.05) is 14.7 Å². The molecule has 68 valence electrons. The van der Waals surface area contributed by atoms with E-state index in [1.807, 2.05) is 0 Å². The second-order valence-corrected chi connectivity index (χ2v) is 3.40. The first-order valence-electron chi connectivity index (χ1n) is 3.25. The molecule has 0 atom stereocenters. The molecule has 4 nitrogen and oxygen atoms in total. The molecule has 0 unspecified atom stereocenters. The van der Waals surface area contributed by atoms with Crippen LogP contribution in [0.5, 0.6) is 0 Å². The fraction of sp³-hybridized carbons (Fsp3) is 0. The smallest absolute Gasteiger partial charge is 0.0732 e. The van der Waals surface area contributed by atoms with Crippen molar-refractivity contribution in [1.82, 2.24) is 0 Å². The molecule has 5 heteroatoms. The van der Waals surface area contributed by atoms with Crippen LogP contribution in [-0.2, 0) is 0 Å². The number of carbonyl (C=O) groups excluding carboxylic acids is 2. The molecule has 1 aromatic rings. The molecule has 1 rings (SSSR count). The third kappa shape index (κ3) is 1.97. The Kier molecular flexibility index (Phi) is 2.86. The van der Waals surface area contributed by atoms with Gasteiger partial charge in [-0.25, -0.2) is 0 Å². The molecule has 0 aliphatic carbocycles. The summed E-state index contributed by atoms with van der Waals surface area (Å²) < 4.78 is 0.319. The lowest BCUT2D eigenvalue weighted by molar-refractivity contribution is -0.259. The van der Waals surface area contributed by atoms with Crippen LogP contribution in [0.1, 0.15) is 20.7 Å². The molecule has 0 heterocycles. The van der Waals surface area contributed by atoms with Crippen LogP contribution in [0.25, 0.3) is 0 Å². The van der Waals surface area contributed by atoms with Crippen LogP contribution in [0.3, 0.4) is 0 Å². The van der Waals surface area contributed by atoms with E-state index in [1.54, 1.807) is 22.6 Å². The Balaban J connectivity index is 3.43. The Morgan fingerprint density at radius 1 is 1.15 bits per heavy atom. The first kappa shape index (κ1) is 9.97. The van der Waals surface area contributed by atoms with Gasteiger partial charge in [-0.3, -0.25) is 0 Å². The number of carboxylic acid groups (broad SMARTS) is 2. The summed E-state index contributed by atoms with van der Waals surface area (Å²) in [6, 6.07) is 4.10. The van der Waals surface area contributed by atoms with Crippen LogP contribution in [-0.4, -0.2) is 11.9 Å². The highest BCUT2D eigenvalue weighted by Gasteiger charge is 2.07. The topological polar surface area (TPSA) is 80.3 Å². The number of hydrogen-bond donors (Lipinski definition) is 0. The number of benzene rings is 1. The van der Waals surface area contributed by atoms with E-state index < -0.39 is 11.9 Å². The summed E-state index contributed by atoms with van der Waals surface area (Å²) in [6.07, 6.45) is 0. The lowest BCUT2D eigenvalue weighted by Gasteiger charge is -2.12. The Morgan fingerprint density at radius 2 is 1.77 bits per heavy atom. The summed E-state index contributed by atoms with van der Waals surface area (Å²) in [7, 11) is 0. The van der Waals surface area contributed by atoms with E-state index in [0.717, 1.165) is 0 Å². The van der Waals surface area contributed by atoms with Crippen molar-refractivity contribution >= 4 is 34.5 Å². The normalized spacial score (nSPS) is 9.62. The first-order valence-corrected chi connectivity index (χ1v) is 4.33. The maximum absolute atomic E-state index is 10.5. The summed E-state index contributed by atoms with van der Waals surface area (Å²) in [4.78, 5) is 21.0. The number of rotatable bonds is 2. The molecule has 0 aliphatic heterocycles. The molecule has 0 spiro atoms. The highest BCUT2D eigenvalue weighted by Crippen LogP contribution is 2.15. The van der Waals surface area contributed by atoms with Crippen molar-refractivity contribution in [2.75, 3.05) is 0 Å².